The number of fused-ring (bicyclic) bond motifs is 1. The summed E-state index contributed by atoms with van der Waals surface area (Å²) in [4.78, 5) is 0.461. The van der Waals surface area contributed by atoms with Crippen molar-refractivity contribution in [2.75, 3.05) is 12.3 Å². The average Bonchev–Trinajstić information content (AvgIpc) is 2.83. The van der Waals surface area contributed by atoms with Crippen LogP contribution in [0, 0.1) is 0 Å². The zero-order valence-electron chi connectivity index (χ0n) is 12.5. The van der Waals surface area contributed by atoms with E-state index >= 15 is 0 Å². The zero-order chi connectivity index (χ0) is 16.4. The molecule has 2 aromatic rings. The summed E-state index contributed by atoms with van der Waals surface area (Å²) >= 11 is 5.83. The molecule has 0 radical (unpaired) electrons. The Morgan fingerprint density at radius 2 is 1.91 bits per heavy atom. The molecular formula is C17H18ClNO3S. The van der Waals surface area contributed by atoms with E-state index in [9.17, 15) is 13.5 Å². The fourth-order valence-corrected chi connectivity index (χ4v) is 4.42. The van der Waals surface area contributed by atoms with Gasteiger partial charge in [0.05, 0.1) is 16.8 Å². The molecule has 6 heteroatoms. The Kier molecular flexibility index (Phi) is 4.73. The van der Waals surface area contributed by atoms with Gasteiger partial charge in [0.2, 0.25) is 0 Å². The van der Waals surface area contributed by atoms with Crippen molar-refractivity contribution in [1.29, 1.82) is 0 Å². The normalized spacial score (nSPS) is 17.0. The quantitative estimate of drug-likeness (QED) is 0.868. The number of aliphatic hydroxyl groups excluding tert-OH is 1. The summed E-state index contributed by atoms with van der Waals surface area (Å²) in [7, 11) is -3.07. The summed E-state index contributed by atoms with van der Waals surface area (Å²) in [5.41, 5.74) is 2.72. The molecule has 0 saturated carbocycles. The molecule has 0 bridgehead atoms. The van der Waals surface area contributed by atoms with E-state index in [1.54, 1.807) is 30.3 Å². The Labute approximate surface area is 141 Å². The Hall–Kier alpha value is -1.40. The fraction of sp³-hybridized carbons (Fsp3) is 0.294. The van der Waals surface area contributed by atoms with Gasteiger partial charge < -0.3 is 10.4 Å². The minimum Gasteiger partial charge on any atom is -0.387 e. The van der Waals surface area contributed by atoms with E-state index in [0.29, 0.717) is 29.4 Å². The number of nitrogens with one attached hydrogen (secondary N) is 1. The van der Waals surface area contributed by atoms with Gasteiger partial charge in [-0.3, -0.25) is 0 Å². The standard InChI is InChI=1S/C17H18ClNO3S/c18-15-4-2-13(3-5-15)16(20)11-19-10-12-1-6-17-14(9-12)7-8-23(17,21)22/h1-6,9,16,19-20H,7-8,10-11H2. The van der Waals surface area contributed by atoms with Crippen molar-refractivity contribution in [3.05, 3.63) is 64.2 Å². The van der Waals surface area contributed by atoms with Crippen LogP contribution in [-0.4, -0.2) is 25.8 Å². The summed E-state index contributed by atoms with van der Waals surface area (Å²) in [6.07, 6.45) is -0.0269. The van der Waals surface area contributed by atoms with Gasteiger partial charge in [0.1, 0.15) is 0 Å². The van der Waals surface area contributed by atoms with Crippen LogP contribution in [0.25, 0.3) is 0 Å². The van der Waals surface area contributed by atoms with E-state index in [1.165, 1.54) is 0 Å². The van der Waals surface area contributed by atoms with Crippen LogP contribution in [-0.2, 0) is 22.8 Å². The molecule has 0 fully saturated rings. The molecule has 1 aliphatic heterocycles. The molecule has 0 aliphatic carbocycles. The minimum atomic E-state index is -3.07. The average molecular weight is 352 g/mol. The Morgan fingerprint density at radius 3 is 2.65 bits per heavy atom. The lowest BCUT2D eigenvalue weighted by Gasteiger charge is -2.13. The largest absolute Gasteiger partial charge is 0.387 e. The van der Waals surface area contributed by atoms with Crippen molar-refractivity contribution >= 4 is 21.4 Å². The van der Waals surface area contributed by atoms with E-state index in [1.807, 2.05) is 12.1 Å². The van der Waals surface area contributed by atoms with Crippen molar-refractivity contribution < 1.29 is 13.5 Å². The summed E-state index contributed by atoms with van der Waals surface area (Å²) in [5.74, 6) is 0.203. The summed E-state index contributed by atoms with van der Waals surface area (Å²) < 4.78 is 23.6. The summed E-state index contributed by atoms with van der Waals surface area (Å²) in [6, 6.07) is 12.5. The molecule has 0 amide bonds. The van der Waals surface area contributed by atoms with Crippen LogP contribution in [0.5, 0.6) is 0 Å². The van der Waals surface area contributed by atoms with Gasteiger partial charge in [0.25, 0.3) is 0 Å². The van der Waals surface area contributed by atoms with Crippen LogP contribution in [0.3, 0.4) is 0 Å². The van der Waals surface area contributed by atoms with Crippen molar-refractivity contribution in [2.24, 2.45) is 0 Å². The van der Waals surface area contributed by atoms with Gasteiger partial charge in [-0.25, -0.2) is 8.42 Å². The Bertz CT molecular complexity index is 803. The SMILES string of the molecule is O=S1(=O)CCc2cc(CNCC(O)c3ccc(Cl)cc3)ccc21. The second-order valence-corrected chi connectivity index (χ2v) is 8.22. The molecule has 3 rings (SSSR count). The molecule has 1 unspecified atom stereocenters. The maximum absolute atomic E-state index is 11.8. The molecule has 0 aromatic heterocycles. The van der Waals surface area contributed by atoms with E-state index in [2.05, 4.69) is 5.32 Å². The van der Waals surface area contributed by atoms with E-state index in [4.69, 9.17) is 11.6 Å². The number of aryl methyl sites for hydroxylation is 1. The summed E-state index contributed by atoms with van der Waals surface area (Å²) in [6.45, 7) is 0.995. The van der Waals surface area contributed by atoms with Gasteiger partial charge in [0, 0.05) is 18.1 Å². The highest BCUT2D eigenvalue weighted by Crippen LogP contribution is 2.26. The predicted molar refractivity (Wildman–Crippen MR) is 90.3 cm³/mol. The van der Waals surface area contributed by atoms with Crippen molar-refractivity contribution in [3.8, 4) is 0 Å². The molecular weight excluding hydrogens is 334 g/mol. The first-order chi connectivity index (χ1) is 11.0. The molecule has 23 heavy (non-hydrogen) atoms. The molecule has 0 saturated heterocycles. The van der Waals surface area contributed by atoms with E-state index in [-0.39, 0.29) is 5.75 Å². The second kappa shape index (κ2) is 6.61. The number of hydrogen-bond donors (Lipinski definition) is 2. The molecule has 1 aliphatic rings. The number of rotatable bonds is 5. The van der Waals surface area contributed by atoms with Crippen LogP contribution in [0.1, 0.15) is 22.8 Å². The monoisotopic (exact) mass is 351 g/mol. The molecule has 4 nitrogen and oxygen atoms in total. The third-order valence-electron chi connectivity index (χ3n) is 4.02. The highest BCUT2D eigenvalue weighted by atomic mass is 35.5. The second-order valence-electron chi connectivity index (χ2n) is 5.71. The topological polar surface area (TPSA) is 66.4 Å². The van der Waals surface area contributed by atoms with Crippen LogP contribution < -0.4 is 5.32 Å². The van der Waals surface area contributed by atoms with E-state index < -0.39 is 15.9 Å². The van der Waals surface area contributed by atoms with Crippen LogP contribution in [0.2, 0.25) is 5.02 Å². The Balaban J connectivity index is 1.58. The van der Waals surface area contributed by atoms with Crippen molar-refractivity contribution in [1.82, 2.24) is 5.32 Å². The zero-order valence-corrected chi connectivity index (χ0v) is 14.1. The minimum absolute atomic E-state index is 0.203. The first-order valence-electron chi connectivity index (χ1n) is 7.44. The maximum atomic E-state index is 11.8. The number of halogens is 1. The number of sulfone groups is 1. The lowest BCUT2D eigenvalue weighted by atomic mass is 10.1. The van der Waals surface area contributed by atoms with Crippen molar-refractivity contribution in [2.45, 2.75) is 24.0 Å². The first kappa shape index (κ1) is 16.5. The van der Waals surface area contributed by atoms with E-state index in [0.717, 1.165) is 16.7 Å². The van der Waals surface area contributed by atoms with Gasteiger partial charge in [-0.2, -0.15) is 0 Å². The van der Waals surface area contributed by atoms with Gasteiger partial charge in [-0.1, -0.05) is 35.9 Å². The smallest absolute Gasteiger partial charge is 0.178 e. The molecule has 122 valence electrons. The maximum Gasteiger partial charge on any atom is 0.178 e. The molecule has 1 atom stereocenters. The van der Waals surface area contributed by atoms with Gasteiger partial charge in [-0.05, 0) is 41.3 Å². The van der Waals surface area contributed by atoms with Gasteiger partial charge in [-0.15, -0.1) is 0 Å². The highest BCUT2D eigenvalue weighted by molar-refractivity contribution is 7.91. The Morgan fingerprint density at radius 1 is 1.17 bits per heavy atom. The first-order valence-corrected chi connectivity index (χ1v) is 9.47. The highest BCUT2D eigenvalue weighted by Gasteiger charge is 2.25. The van der Waals surface area contributed by atoms with Crippen LogP contribution in [0.4, 0.5) is 0 Å². The number of benzene rings is 2. The van der Waals surface area contributed by atoms with Crippen LogP contribution in [0.15, 0.2) is 47.4 Å². The van der Waals surface area contributed by atoms with Crippen LogP contribution >= 0.6 is 11.6 Å². The lowest BCUT2D eigenvalue weighted by Crippen LogP contribution is -2.21. The molecule has 2 N–H and O–H groups in total. The lowest BCUT2D eigenvalue weighted by molar-refractivity contribution is 0.174. The third kappa shape index (κ3) is 3.75. The molecule has 2 aromatic carbocycles. The summed E-state index contributed by atoms with van der Waals surface area (Å²) in [5, 5.41) is 14.0. The third-order valence-corrected chi connectivity index (χ3v) is 6.08. The molecule has 1 heterocycles. The van der Waals surface area contributed by atoms with Crippen molar-refractivity contribution in [3.63, 3.8) is 0 Å². The number of hydrogen-bond acceptors (Lipinski definition) is 4. The fourth-order valence-electron chi connectivity index (χ4n) is 2.75. The predicted octanol–water partition coefficient (Wildman–Crippen LogP) is 2.49. The van der Waals surface area contributed by atoms with Gasteiger partial charge in [0.15, 0.2) is 9.84 Å². The molecule has 0 spiro atoms. The van der Waals surface area contributed by atoms with Gasteiger partial charge >= 0.3 is 0 Å². The number of aliphatic hydroxyl groups is 1.